The molecule has 74 valence electrons. The number of nitrogens with one attached hydrogen (secondary N) is 2. The molecule has 0 saturated carbocycles. The second-order valence-electron chi connectivity index (χ2n) is 2.77. The molecule has 0 atom stereocenters. The van der Waals surface area contributed by atoms with E-state index in [2.05, 4.69) is 4.98 Å². The molecule has 0 aliphatic rings. The van der Waals surface area contributed by atoms with Gasteiger partial charge in [0.05, 0.1) is 12.8 Å². The fraction of sp³-hybridized carbons (Fsp3) is 0.286. The van der Waals surface area contributed by atoms with Gasteiger partial charge in [-0.25, -0.2) is 4.98 Å². The Morgan fingerprint density at radius 3 is 2.64 bits per heavy atom. The van der Waals surface area contributed by atoms with E-state index in [4.69, 9.17) is 15.6 Å². The van der Waals surface area contributed by atoms with Gasteiger partial charge in [-0.05, 0) is 29.5 Å². The molecule has 1 heterocycles. The minimum absolute atomic E-state index is 0.106. The third-order valence-corrected chi connectivity index (χ3v) is 2.43. The molecule has 2 N–H and O–H groups in total. The maximum absolute atomic E-state index is 7.74. The van der Waals surface area contributed by atoms with Crippen molar-refractivity contribution in [1.29, 1.82) is 10.8 Å². The summed E-state index contributed by atoms with van der Waals surface area (Å²) in [6.07, 6.45) is 0. The monoisotopic (exact) mass is 304 g/mol. The summed E-state index contributed by atoms with van der Waals surface area (Å²) in [5.74, 6) is 0.245. The van der Waals surface area contributed by atoms with Gasteiger partial charge in [-0.2, -0.15) is 0 Å². The van der Waals surface area contributed by atoms with Crippen LogP contribution in [-0.4, -0.2) is 28.3 Å². The van der Waals surface area contributed by atoms with E-state index in [1.165, 1.54) is 11.7 Å². The second-order valence-corrected chi connectivity index (χ2v) is 3.79. The van der Waals surface area contributed by atoms with E-state index >= 15 is 0 Å². The molecular weight excluding hydrogens is 294 g/mol. The Hall–Kier alpha value is -0.855. The molecule has 0 saturated heterocycles. The van der Waals surface area contributed by atoms with Crippen molar-refractivity contribution in [2.75, 3.05) is 7.11 Å². The molecule has 1 aromatic rings. The molecule has 0 unspecified atom stereocenters. The molecule has 0 aliphatic carbocycles. The lowest BCUT2D eigenvalue weighted by molar-refractivity contribution is 0.385. The first-order valence-corrected chi connectivity index (χ1v) is 5.00. The van der Waals surface area contributed by atoms with Crippen LogP contribution in [-0.2, 0) is 0 Å². The third kappa shape index (κ3) is 1.81. The van der Waals surface area contributed by atoms with Crippen molar-refractivity contribution in [3.63, 3.8) is 0 Å². The molecule has 0 aliphatic heterocycles. The summed E-state index contributed by atoms with van der Waals surface area (Å²) in [6, 6.07) is 0. The van der Waals surface area contributed by atoms with Crippen molar-refractivity contribution in [2.24, 2.45) is 0 Å². The van der Waals surface area contributed by atoms with E-state index in [0.717, 1.165) is 11.3 Å². The van der Waals surface area contributed by atoms with Gasteiger partial charge >= 0.3 is 0 Å². The van der Waals surface area contributed by atoms with Gasteiger partial charge in [0.15, 0.2) is 17.2 Å². The van der Waals surface area contributed by atoms with E-state index in [1.54, 1.807) is 0 Å². The molecule has 0 aromatic carbocycles. The van der Waals surface area contributed by atoms with Gasteiger partial charge in [-0.3, -0.25) is 15.4 Å². The SMILES string of the molecule is Bc1c(C)nc(OC)c(=N)n1C(=N)I. The Labute approximate surface area is 96.1 Å². The number of hydrogen-bond donors (Lipinski definition) is 2. The highest BCUT2D eigenvalue weighted by atomic mass is 127. The number of ether oxygens (including phenoxy) is 1. The highest BCUT2D eigenvalue weighted by molar-refractivity contribution is 14.1. The molecule has 1 rings (SSSR count). The Bertz CT molecular complexity index is 442. The van der Waals surface area contributed by atoms with Gasteiger partial charge in [0.25, 0.3) is 5.88 Å². The highest BCUT2D eigenvalue weighted by Crippen LogP contribution is 1.98. The molecule has 0 amide bonds. The molecule has 14 heavy (non-hydrogen) atoms. The normalized spacial score (nSPS) is 9.93. The van der Waals surface area contributed by atoms with E-state index in [9.17, 15) is 0 Å². The van der Waals surface area contributed by atoms with Gasteiger partial charge in [0.1, 0.15) is 0 Å². The lowest BCUT2D eigenvalue weighted by Gasteiger charge is -2.12. The number of nitrogens with zero attached hydrogens (tertiary/aromatic N) is 2. The number of aryl methyl sites for hydroxylation is 1. The van der Waals surface area contributed by atoms with E-state index in [1.807, 2.05) is 37.4 Å². The average molecular weight is 304 g/mol. The van der Waals surface area contributed by atoms with Crippen LogP contribution >= 0.6 is 22.6 Å². The van der Waals surface area contributed by atoms with Gasteiger partial charge in [-0.15, -0.1) is 0 Å². The Kier molecular flexibility index (Phi) is 3.30. The number of aromatic nitrogens is 2. The maximum atomic E-state index is 7.74. The van der Waals surface area contributed by atoms with E-state index in [0.29, 0.717) is 0 Å². The summed E-state index contributed by atoms with van der Waals surface area (Å²) in [5, 5.41) is 15.3. The molecule has 7 heteroatoms. The van der Waals surface area contributed by atoms with Crippen LogP contribution < -0.4 is 15.8 Å². The zero-order valence-electron chi connectivity index (χ0n) is 8.18. The summed E-state index contributed by atoms with van der Waals surface area (Å²) in [7, 11) is 3.29. The number of rotatable bonds is 1. The zero-order valence-corrected chi connectivity index (χ0v) is 10.3. The molecule has 0 bridgehead atoms. The molecule has 0 radical (unpaired) electrons. The first-order chi connectivity index (χ1) is 6.49. The van der Waals surface area contributed by atoms with Crippen LogP contribution in [0, 0.1) is 17.7 Å². The third-order valence-electron chi connectivity index (χ3n) is 1.94. The van der Waals surface area contributed by atoms with Crippen molar-refractivity contribution >= 4 is 39.9 Å². The Balaban J connectivity index is 3.62. The summed E-state index contributed by atoms with van der Waals surface area (Å²) < 4.78 is 6.70. The topological polar surface area (TPSA) is 74.8 Å². The van der Waals surface area contributed by atoms with Crippen LogP contribution in [0.5, 0.6) is 5.88 Å². The fourth-order valence-electron chi connectivity index (χ4n) is 1.10. The van der Waals surface area contributed by atoms with Crippen molar-refractivity contribution in [2.45, 2.75) is 6.92 Å². The van der Waals surface area contributed by atoms with Crippen molar-refractivity contribution in [3.05, 3.63) is 11.2 Å². The predicted octanol–water partition coefficient (Wildman–Crippen LogP) is -0.844. The standard InChI is InChI=1S/C7H10BIN4O/c1-3-4(8)13(7(9)11)5(10)6(12-3)14-2/h10-11H,8H2,1-2H3. The lowest BCUT2D eigenvalue weighted by Crippen LogP contribution is -2.39. The number of methoxy groups -OCH3 is 1. The predicted molar refractivity (Wildman–Crippen MR) is 64.7 cm³/mol. The average Bonchev–Trinajstić information content (AvgIpc) is 2.11. The van der Waals surface area contributed by atoms with Gasteiger partial charge in [-0.1, -0.05) is 0 Å². The minimum atomic E-state index is 0.106. The molecule has 1 aromatic heterocycles. The first kappa shape index (κ1) is 11.2. The maximum Gasteiger partial charge on any atom is 0.257 e. The smallest absolute Gasteiger partial charge is 0.257 e. The summed E-state index contributed by atoms with van der Waals surface area (Å²) >= 11 is 1.85. The molecule has 0 spiro atoms. The zero-order chi connectivity index (χ0) is 10.9. The van der Waals surface area contributed by atoms with Crippen molar-refractivity contribution in [3.8, 4) is 5.88 Å². The van der Waals surface area contributed by atoms with E-state index in [-0.39, 0.29) is 15.2 Å². The van der Waals surface area contributed by atoms with Gasteiger partial charge in [0, 0.05) is 5.59 Å². The summed E-state index contributed by atoms with van der Waals surface area (Å²) in [6.45, 7) is 1.83. The van der Waals surface area contributed by atoms with E-state index < -0.39 is 0 Å². The Morgan fingerprint density at radius 1 is 1.64 bits per heavy atom. The minimum Gasteiger partial charge on any atom is -0.478 e. The van der Waals surface area contributed by atoms with Gasteiger partial charge in [0.2, 0.25) is 0 Å². The molecule has 5 nitrogen and oxygen atoms in total. The fourth-order valence-corrected chi connectivity index (χ4v) is 1.70. The van der Waals surface area contributed by atoms with Crippen LogP contribution in [0.3, 0.4) is 0 Å². The molecule has 0 fully saturated rings. The highest BCUT2D eigenvalue weighted by Gasteiger charge is 2.10. The first-order valence-electron chi connectivity index (χ1n) is 3.92. The number of halogens is 1. The van der Waals surface area contributed by atoms with Gasteiger partial charge < -0.3 is 4.74 Å². The summed E-state index contributed by atoms with van der Waals surface area (Å²) in [5.41, 5.74) is 1.66. The van der Waals surface area contributed by atoms with Crippen LogP contribution in [0.15, 0.2) is 0 Å². The second kappa shape index (κ2) is 4.12. The van der Waals surface area contributed by atoms with Crippen LogP contribution in [0.25, 0.3) is 0 Å². The quantitative estimate of drug-likeness (QED) is 0.307. The van der Waals surface area contributed by atoms with Crippen LogP contribution in [0.2, 0.25) is 0 Å². The number of hydrogen-bond acceptors (Lipinski definition) is 4. The molecular formula is C7H10BIN4O. The van der Waals surface area contributed by atoms with Crippen LogP contribution in [0.1, 0.15) is 5.69 Å². The lowest BCUT2D eigenvalue weighted by atomic mass is 10.0. The van der Waals surface area contributed by atoms with Crippen molar-refractivity contribution in [1.82, 2.24) is 9.55 Å². The summed E-state index contributed by atoms with van der Waals surface area (Å²) in [4.78, 5) is 4.10. The van der Waals surface area contributed by atoms with Crippen molar-refractivity contribution < 1.29 is 4.74 Å². The Morgan fingerprint density at radius 2 is 2.21 bits per heavy atom. The van der Waals surface area contributed by atoms with Crippen LogP contribution in [0.4, 0.5) is 0 Å². The largest absolute Gasteiger partial charge is 0.478 e.